The quantitative estimate of drug-likeness (QED) is 0.175. The van der Waals surface area contributed by atoms with Crippen LogP contribution in [0.2, 0.25) is 0 Å². The van der Waals surface area contributed by atoms with E-state index in [4.69, 9.17) is 15.0 Å². The summed E-state index contributed by atoms with van der Waals surface area (Å²) in [5.74, 6) is 1.90. The van der Waals surface area contributed by atoms with Gasteiger partial charge in [-0.25, -0.2) is 15.0 Å². The van der Waals surface area contributed by atoms with E-state index in [9.17, 15) is 0 Å². The third-order valence-corrected chi connectivity index (χ3v) is 12.9. The van der Waals surface area contributed by atoms with Crippen LogP contribution in [-0.4, -0.2) is 19.4 Å². The highest BCUT2D eigenvalue weighted by Crippen LogP contribution is 2.52. The second-order valence-electron chi connectivity index (χ2n) is 15.7. The van der Waals surface area contributed by atoms with Crippen molar-refractivity contribution in [3.63, 3.8) is 0 Å². The van der Waals surface area contributed by atoms with Crippen LogP contribution >= 0.6 is 11.3 Å². The topological polar surface area (TPSA) is 46.3 Å². The Hall–Kier alpha value is -7.15. The normalized spacial score (nSPS) is 13.4. The zero-order chi connectivity index (χ0) is 38.5. The van der Waals surface area contributed by atoms with Crippen molar-refractivity contribution in [2.75, 3.05) is 4.90 Å². The minimum atomic E-state index is -0.140. The summed E-state index contributed by atoms with van der Waals surface area (Å²) in [4.78, 5) is 19.2. The van der Waals surface area contributed by atoms with Crippen molar-refractivity contribution in [3.05, 3.63) is 186 Å². The van der Waals surface area contributed by atoms with Crippen LogP contribution in [0.25, 0.3) is 82.7 Å². The van der Waals surface area contributed by atoms with Crippen LogP contribution < -0.4 is 4.90 Å². The molecular formula is C52H35N5S. The van der Waals surface area contributed by atoms with Gasteiger partial charge in [0.1, 0.15) is 4.83 Å². The number of para-hydroxylation sites is 3. The second kappa shape index (κ2) is 12.4. The first-order chi connectivity index (χ1) is 28.5. The molecule has 0 radical (unpaired) electrons. The molecule has 0 atom stereocenters. The molecular weight excluding hydrogens is 727 g/mol. The van der Waals surface area contributed by atoms with Gasteiger partial charge in [0.15, 0.2) is 17.5 Å². The highest BCUT2D eigenvalue weighted by atomic mass is 32.1. The maximum atomic E-state index is 5.24. The molecule has 274 valence electrons. The lowest BCUT2D eigenvalue weighted by Gasteiger charge is -2.42. The molecule has 5 nitrogen and oxygen atoms in total. The lowest BCUT2D eigenvalue weighted by atomic mass is 9.73. The third kappa shape index (κ3) is 4.85. The standard InChI is InChI=1S/C52H35N5S/c1-52(2)42-21-7-10-24-45(42)56(46-25-11-8-22-43(46)52)37-19-13-18-35(29-37)50-54-48(32-14-4-3-5-15-32)53-49(55-50)34-17-12-16-33(28-34)36-30-40-38-20-6-9-23-44(38)57-47(40)41(31-36)39-26-27-58-51(39)57/h3-31H,1-2H3. The van der Waals surface area contributed by atoms with Gasteiger partial charge < -0.3 is 4.90 Å². The Morgan fingerprint density at radius 1 is 0.448 bits per heavy atom. The highest BCUT2D eigenvalue weighted by Gasteiger charge is 2.36. The Labute approximate surface area is 339 Å². The SMILES string of the molecule is CC1(C)c2ccccc2N(c2cccc(-c3nc(-c4ccccc4)nc(-c4cccc(-c5cc6c7ccccc7n7c8sccc8c(c5)c67)c4)n3)c2)c2ccccc21. The van der Waals surface area contributed by atoms with Crippen LogP contribution in [0.5, 0.6) is 0 Å². The van der Waals surface area contributed by atoms with E-state index in [0.29, 0.717) is 17.5 Å². The summed E-state index contributed by atoms with van der Waals surface area (Å²) in [6.07, 6.45) is 0. The number of hydrogen-bond donors (Lipinski definition) is 0. The van der Waals surface area contributed by atoms with E-state index in [1.807, 2.05) is 18.2 Å². The Morgan fingerprint density at radius 3 is 1.76 bits per heavy atom. The van der Waals surface area contributed by atoms with E-state index in [1.165, 1.54) is 65.5 Å². The molecule has 0 amide bonds. The number of anilines is 3. The van der Waals surface area contributed by atoms with E-state index in [2.05, 4.69) is 180 Å². The molecule has 1 aliphatic rings. The predicted molar refractivity (Wildman–Crippen MR) is 241 cm³/mol. The molecule has 1 aliphatic heterocycles. The monoisotopic (exact) mass is 761 g/mol. The number of fused-ring (bicyclic) bond motifs is 8. The molecule has 58 heavy (non-hydrogen) atoms. The van der Waals surface area contributed by atoms with Crippen molar-refractivity contribution < 1.29 is 0 Å². The maximum Gasteiger partial charge on any atom is 0.164 e. The maximum absolute atomic E-state index is 5.24. The first-order valence-corrected chi connectivity index (χ1v) is 20.6. The average molecular weight is 762 g/mol. The van der Waals surface area contributed by atoms with Gasteiger partial charge in [0.2, 0.25) is 0 Å². The molecule has 0 spiro atoms. The first kappa shape index (κ1) is 33.0. The fourth-order valence-electron chi connectivity index (χ4n) is 9.28. The van der Waals surface area contributed by atoms with Gasteiger partial charge in [0.25, 0.3) is 0 Å². The summed E-state index contributed by atoms with van der Waals surface area (Å²) in [6.45, 7) is 4.63. The fraction of sp³-hybridized carbons (Fsp3) is 0.0577. The van der Waals surface area contributed by atoms with Crippen molar-refractivity contribution in [1.82, 2.24) is 19.4 Å². The fourth-order valence-corrected chi connectivity index (χ4v) is 10.2. The highest BCUT2D eigenvalue weighted by molar-refractivity contribution is 7.17. The zero-order valence-corrected chi connectivity index (χ0v) is 32.7. The van der Waals surface area contributed by atoms with Gasteiger partial charge in [-0.15, -0.1) is 11.3 Å². The zero-order valence-electron chi connectivity index (χ0n) is 31.9. The molecule has 12 rings (SSSR count). The van der Waals surface area contributed by atoms with E-state index in [0.717, 1.165) is 27.9 Å². The molecule has 4 aromatic heterocycles. The molecule has 0 bridgehead atoms. The minimum absolute atomic E-state index is 0.140. The van der Waals surface area contributed by atoms with Crippen LogP contribution in [-0.2, 0) is 5.41 Å². The smallest absolute Gasteiger partial charge is 0.164 e. The summed E-state index contributed by atoms with van der Waals surface area (Å²) in [7, 11) is 0. The van der Waals surface area contributed by atoms with Gasteiger partial charge in [-0.1, -0.05) is 129 Å². The van der Waals surface area contributed by atoms with Crippen LogP contribution in [0.3, 0.4) is 0 Å². The van der Waals surface area contributed by atoms with Gasteiger partial charge in [0.05, 0.1) is 22.4 Å². The van der Waals surface area contributed by atoms with Crippen molar-refractivity contribution >= 4 is 65.8 Å². The molecule has 0 fully saturated rings. The summed E-state index contributed by atoms with van der Waals surface area (Å²) in [6, 6.07) is 60.7. The molecule has 0 unspecified atom stereocenters. The lowest BCUT2D eigenvalue weighted by Crippen LogP contribution is -2.30. The third-order valence-electron chi connectivity index (χ3n) is 12.0. The molecule has 0 aliphatic carbocycles. The summed E-state index contributed by atoms with van der Waals surface area (Å²) in [5.41, 5.74) is 13.5. The largest absolute Gasteiger partial charge is 0.310 e. The molecule has 0 saturated heterocycles. The molecule has 11 aromatic rings. The second-order valence-corrected chi connectivity index (χ2v) is 16.6. The average Bonchev–Trinajstić information content (AvgIpc) is 3.98. The number of thiophene rings is 1. The molecule has 5 heterocycles. The molecule has 0 saturated carbocycles. The number of nitrogens with zero attached hydrogens (tertiary/aromatic N) is 5. The Balaban J connectivity index is 1.01. The van der Waals surface area contributed by atoms with Gasteiger partial charge in [-0.05, 0) is 82.2 Å². The lowest BCUT2D eigenvalue weighted by molar-refractivity contribution is 0.632. The Bertz CT molecular complexity index is 3350. The van der Waals surface area contributed by atoms with Gasteiger partial charge in [0, 0.05) is 49.3 Å². The number of rotatable bonds is 5. The van der Waals surface area contributed by atoms with Crippen molar-refractivity contribution in [3.8, 4) is 45.3 Å². The van der Waals surface area contributed by atoms with E-state index < -0.39 is 0 Å². The van der Waals surface area contributed by atoms with Crippen LogP contribution in [0, 0.1) is 0 Å². The van der Waals surface area contributed by atoms with Crippen molar-refractivity contribution in [1.29, 1.82) is 0 Å². The van der Waals surface area contributed by atoms with Gasteiger partial charge in [-0.2, -0.15) is 0 Å². The predicted octanol–water partition coefficient (Wildman–Crippen LogP) is 13.9. The number of benzene rings is 7. The van der Waals surface area contributed by atoms with Crippen LogP contribution in [0.4, 0.5) is 17.1 Å². The summed E-state index contributed by atoms with van der Waals surface area (Å²) in [5, 5.41) is 7.32. The Kier molecular flexibility index (Phi) is 7.08. The minimum Gasteiger partial charge on any atom is -0.310 e. The summed E-state index contributed by atoms with van der Waals surface area (Å²) < 4.78 is 2.44. The summed E-state index contributed by atoms with van der Waals surface area (Å²) >= 11 is 1.80. The van der Waals surface area contributed by atoms with Gasteiger partial charge >= 0.3 is 0 Å². The van der Waals surface area contributed by atoms with E-state index in [-0.39, 0.29) is 5.41 Å². The molecule has 0 N–H and O–H groups in total. The Morgan fingerprint density at radius 2 is 1.02 bits per heavy atom. The number of hydrogen-bond acceptors (Lipinski definition) is 5. The van der Waals surface area contributed by atoms with E-state index >= 15 is 0 Å². The van der Waals surface area contributed by atoms with Gasteiger partial charge in [-0.3, -0.25) is 4.40 Å². The number of aromatic nitrogens is 4. The van der Waals surface area contributed by atoms with Crippen molar-refractivity contribution in [2.45, 2.75) is 19.3 Å². The van der Waals surface area contributed by atoms with E-state index in [1.54, 1.807) is 11.3 Å². The van der Waals surface area contributed by atoms with Crippen LogP contribution in [0.1, 0.15) is 25.0 Å². The van der Waals surface area contributed by atoms with Crippen molar-refractivity contribution in [2.24, 2.45) is 0 Å². The first-order valence-electron chi connectivity index (χ1n) is 19.7. The molecule has 7 aromatic carbocycles. The van der Waals surface area contributed by atoms with Crippen LogP contribution in [0.15, 0.2) is 175 Å². The molecule has 6 heteroatoms.